The number of hydrogen-bond donors (Lipinski definition) is 1. The maximum Gasteiger partial charge on any atom is 0.128 e. The van der Waals surface area contributed by atoms with Gasteiger partial charge in [-0.3, -0.25) is 0 Å². The van der Waals surface area contributed by atoms with Crippen LogP contribution in [0.4, 0.5) is 5.82 Å². The molecule has 0 atom stereocenters. The Morgan fingerprint density at radius 2 is 2.00 bits per heavy atom. The van der Waals surface area contributed by atoms with Crippen LogP contribution in [0.15, 0.2) is 18.3 Å². The number of piperazine rings is 1. The first-order valence-corrected chi connectivity index (χ1v) is 6.74. The summed E-state index contributed by atoms with van der Waals surface area (Å²) in [6, 6.07) is 4.36. The summed E-state index contributed by atoms with van der Waals surface area (Å²) < 4.78 is 0. The van der Waals surface area contributed by atoms with Crippen LogP contribution in [-0.2, 0) is 5.41 Å². The minimum absolute atomic E-state index is 0.169. The fourth-order valence-corrected chi connectivity index (χ4v) is 2.35. The first kappa shape index (κ1) is 13.3. The third-order valence-corrected chi connectivity index (χ3v) is 3.51. The van der Waals surface area contributed by atoms with Crippen LogP contribution in [0.3, 0.4) is 0 Å². The van der Waals surface area contributed by atoms with Gasteiger partial charge in [0, 0.05) is 31.4 Å². The SMILES string of the molecule is CC1(C)CN(c2ccc(C(C)(C)C)cn2)CCN1. The number of pyridine rings is 1. The fourth-order valence-electron chi connectivity index (χ4n) is 2.35. The van der Waals surface area contributed by atoms with E-state index in [1.807, 2.05) is 6.20 Å². The molecule has 2 rings (SSSR count). The molecular weight excluding hydrogens is 222 g/mol. The van der Waals surface area contributed by atoms with E-state index < -0.39 is 0 Å². The summed E-state index contributed by atoms with van der Waals surface area (Å²) in [5, 5.41) is 3.52. The van der Waals surface area contributed by atoms with Crippen LogP contribution in [0.25, 0.3) is 0 Å². The molecule has 1 fully saturated rings. The highest BCUT2D eigenvalue weighted by Gasteiger charge is 2.26. The second kappa shape index (κ2) is 4.54. The monoisotopic (exact) mass is 247 g/mol. The minimum Gasteiger partial charge on any atom is -0.354 e. The van der Waals surface area contributed by atoms with E-state index >= 15 is 0 Å². The average molecular weight is 247 g/mol. The summed E-state index contributed by atoms with van der Waals surface area (Å²) in [5.41, 5.74) is 1.64. The van der Waals surface area contributed by atoms with Crippen LogP contribution in [0.5, 0.6) is 0 Å². The third kappa shape index (κ3) is 3.02. The molecule has 0 unspecified atom stereocenters. The Hall–Kier alpha value is -1.09. The zero-order valence-corrected chi connectivity index (χ0v) is 12.2. The molecule has 1 aromatic heterocycles. The van der Waals surface area contributed by atoms with Crippen LogP contribution in [-0.4, -0.2) is 30.2 Å². The van der Waals surface area contributed by atoms with Gasteiger partial charge in [-0.2, -0.15) is 0 Å². The van der Waals surface area contributed by atoms with Crippen molar-refractivity contribution in [3.63, 3.8) is 0 Å². The van der Waals surface area contributed by atoms with Crippen LogP contribution in [0.2, 0.25) is 0 Å². The average Bonchev–Trinajstić information content (AvgIpc) is 2.27. The van der Waals surface area contributed by atoms with Gasteiger partial charge in [0.1, 0.15) is 5.82 Å². The molecule has 1 N–H and O–H groups in total. The van der Waals surface area contributed by atoms with E-state index in [-0.39, 0.29) is 11.0 Å². The highest BCUT2D eigenvalue weighted by atomic mass is 15.3. The van der Waals surface area contributed by atoms with Crippen LogP contribution >= 0.6 is 0 Å². The lowest BCUT2D eigenvalue weighted by atomic mass is 9.88. The van der Waals surface area contributed by atoms with E-state index in [1.54, 1.807) is 0 Å². The molecule has 3 heteroatoms. The molecule has 1 aliphatic rings. The van der Waals surface area contributed by atoms with Crippen molar-refractivity contribution in [2.75, 3.05) is 24.5 Å². The van der Waals surface area contributed by atoms with E-state index in [2.05, 4.69) is 62.0 Å². The van der Waals surface area contributed by atoms with E-state index in [0.29, 0.717) is 0 Å². The molecule has 0 aliphatic carbocycles. The minimum atomic E-state index is 0.169. The van der Waals surface area contributed by atoms with Gasteiger partial charge in [0.15, 0.2) is 0 Å². The van der Waals surface area contributed by atoms with Gasteiger partial charge in [-0.05, 0) is 30.9 Å². The number of aromatic nitrogens is 1. The van der Waals surface area contributed by atoms with Gasteiger partial charge >= 0.3 is 0 Å². The van der Waals surface area contributed by atoms with Crippen molar-refractivity contribution < 1.29 is 0 Å². The Labute approximate surface area is 111 Å². The van der Waals surface area contributed by atoms with Gasteiger partial charge < -0.3 is 10.2 Å². The summed E-state index contributed by atoms with van der Waals surface area (Å²) in [4.78, 5) is 7.00. The first-order chi connectivity index (χ1) is 8.28. The van der Waals surface area contributed by atoms with Gasteiger partial charge in [0.05, 0.1) is 0 Å². The topological polar surface area (TPSA) is 28.2 Å². The van der Waals surface area contributed by atoms with Crippen molar-refractivity contribution in [1.29, 1.82) is 0 Å². The highest BCUT2D eigenvalue weighted by Crippen LogP contribution is 2.24. The first-order valence-electron chi connectivity index (χ1n) is 6.74. The molecule has 0 amide bonds. The Kier molecular flexibility index (Phi) is 3.37. The molecule has 2 heterocycles. The Bertz CT molecular complexity index is 401. The van der Waals surface area contributed by atoms with Crippen molar-refractivity contribution >= 4 is 5.82 Å². The Morgan fingerprint density at radius 3 is 2.50 bits per heavy atom. The van der Waals surface area contributed by atoms with Crippen LogP contribution in [0.1, 0.15) is 40.2 Å². The zero-order valence-electron chi connectivity index (χ0n) is 12.2. The number of hydrogen-bond acceptors (Lipinski definition) is 3. The van der Waals surface area contributed by atoms with Gasteiger partial charge in [-0.1, -0.05) is 26.8 Å². The van der Waals surface area contributed by atoms with Gasteiger partial charge in [-0.15, -0.1) is 0 Å². The number of anilines is 1. The molecule has 0 radical (unpaired) electrons. The summed E-state index contributed by atoms with van der Waals surface area (Å²) >= 11 is 0. The molecule has 0 aromatic carbocycles. The maximum absolute atomic E-state index is 4.63. The second-order valence-corrected chi connectivity index (χ2v) is 6.89. The second-order valence-electron chi connectivity index (χ2n) is 6.89. The smallest absolute Gasteiger partial charge is 0.128 e. The summed E-state index contributed by atoms with van der Waals surface area (Å²) in [7, 11) is 0. The largest absolute Gasteiger partial charge is 0.354 e. The van der Waals surface area contributed by atoms with Gasteiger partial charge in [-0.25, -0.2) is 4.98 Å². The Morgan fingerprint density at radius 1 is 1.28 bits per heavy atom. The zero-order chi connectivity index (χ0) is 13.4. The van der Waals surface area contributed by atoms with Crippen LogP contribution < -0.4 is 10.2 Å². The molecule has 0 saturated carbocycles. The number of nitrogens with one attached hydrogen (secondary N) is 1. The van der Waals surface area contributed by atoms with Crippen molar-refractivity contribution in [1.82, 2.24) is 10.3 Å². The standard InChI is InChI=1S/C15H25N3/c1-14(2,3)12-6-7-13(16-10-12)18-9-8-17-15(4,5)11-18/h6-7,10,17H,8-9,11H2,1-5H3. The molecule has 1 aromatic rings. The summed E-state index contributed by atoms with van der Waals surface area (Å²) in [5.74, 6) is 1.09. The summed E-state index contributed by atoms with van der Waals surface area (Å²) in [6.45, 7) is 14.2. The van der Waals surface area contributed by atoms with E-state index in [0.717, 1.165) is 25.5 Å². The normalized spacial score (nSPS) is 19.9. The molecule has 1 aliphatic heterocycles. The number of nitrogens with zero attached hydrogens (tertiary/aromatic N) is 2. The maximum atomic E-state index is 4.63. The van der Waals surface area contributed by atoms with Gasteiger partial charge in [0.25, 0.3) is 0 Å². The molecule has 1 saturated heterocycles. The molecule has 0 bridgehead atoms. The van der Waals surface area contributed by atoms with E-state index in [1.165, 1.54) is 5.56 Å². The predicted molar refractivity (Wildman–Crippen MR) is 77.2 cm³/mol. The molecular formula is C15H25N3. The van der Waals surface area contributed by atoms with Gasteiger partial charge in [0.2, 0.25) is 0 Å². The van der Waals surface area contributed by atoms with Crippen molar-refractivity contribution in [3.8, 4) is 0 Å². The lowest BCUT2D eigenvalue weighted by Gasteiger charge is -2.39. The van der Waals surface area contributed by atoms with Crippen molar-refractivity contribution in [2.24, 2.45) is 0 Å². The lowest BCUT2D eigenvalue weighted by molar-refractivity contribution is 0.351. The predicted octanol–water partition coefficient (Wildman–Crippen LogP) is 2.57. The lowest BCUT2D eigenvalue weighted by Crippen LogP contribution is -2.57. The molecule has 100 valence electrons. The molecule has 18 heavy (non-hydrogen) atoms. The van der Waals surface area contributed by atoms with Crippen molar-refractivity contribution in [2.45, 2.75) is 45.6 Å². The highest BCUT2D eigenvalue weighted by molar-refractivity contribution is 5.41. The van der Waals surface area contributed by atoms with E-state index in [9.17, 15) is 0 Å². The Balaban J connectivity index is 2.15. The van der Waals surface area contributed by atoms with Crippen molar-refractivity contribution in [3.05, 3.63) is 23.9 Å². The third-order valence-electron chi connectivity index (χ3n) is 3.51. The molecule has 3 nitrogen and oxygen atoms in total. The van der Waals surface area contributed by atoms with Crippen LogP contribution in [0, 0.1) is 0 Å². The molecule has 0 spiro atoms. The summed E-state index contributed by atoms with van der Waals surface area (Å²) in [6.07, 6.45) is 2.02. The fraction of sp³-hybridized carbons (Fsp3) is 0.667. The number of rotatable bonds is 1. The quantitative estimate of drug-likeness (QED) is 0.826. The van der Waals surface area contributed by atoms with E-state index in [4.69, 9.17) is 0 Å².